The first-order valence-electron chi connectivity index (χ1n) is 8.24. The fourth-order valence-corrected chi connectivity index (χ4v) is 3.01. The van der Waals surface area contributed by atoms with Gasteiger partial charge in [0.2, 0.25) is 0 Å². The van der Waals surface area contributed by atoms with Crippen LogP contribution in [-0.2, 0) is 16.1 Å². The highest BCUT2D eigenvalue weighted by atomic mass is 16.5. The maximum atomic E-state index is 12.4. The lowest BCUT2D eigenvalue weighted by Gasteiger charge is -2.24. The molecule has 0 aliphatic carbocycles. The van der Waals surface area contributed by atoms with Gasteiger partial charge in [-0.3, -0.25) is 9.59 Å². The third-order valence-electron chi connectivity index (χ3n) is 4.93. The average molecular weight is 347 g/mol. The van der Waals surface area contributed by atoms with Gasteiger partial charge in [0.05, 0.1) is 12.5 Å². The van der Waals surface area contributed by atoms with Gasteiger partial charge in [0.15, 0.2) is 0 Å². The van der Waals surface area contributed by atoms with Crippen LogP contribution in [0.2, 0.25) is 0 Å². The summed E-state index contributed by atoms with van der Waals surface area (Å²) in [5, 5.41) is 5.41. The molecule has 0 bridgehead atoms. The van der Waals surface area contributed by atoms with E-state index in [1.54, 1.807) is 36.2 Å². The molecule has 2 rings (SSSR count). The average Bonchev–Trinajstić information content (AvgIpc) is 2.94. The van der Waals surface area contributed by atoms with Crippen molar-refractivity contribution < 1.29 is 19.1 Å². The Kier molecular flexibility index (Phi) is 5.66. The summed E-state index contributed by atoms with van der Waals surface area (Å²) in [4.78, 5) is 37.5. The van der Waals surface area contributed by atoms with Gasteiger partial charge in [0.25, 0.3) is 5.91 Å². The maximum Gasteiger partial charge on any atom is 0.317 e. The number of rotatable bonds is 4. The summed E-state index contributed by atoms with van der Waals surface area (Å²) in [6.07, 6.45) is 0. The zero-order chi connectivity index (χ0) is 18.6. The Hall–Kier alpha value is -2.57. The SMILES string of the molecule is CNC(=O)c1ccc(CNC(=O)N2C[C@@H](C)[C@](C)(C(=O)OC)C2)cc1. The van der Waals surface area contributed by atoms with E-state index in [1.807, 2.05) is 13.8 Å². The molecule has 25 heavy (non-hydrogen) atoms. The van der Waals surface area contributed by atoms with Crippen LogP contribution in [0.5, 0.6) is 0 Å². The number of hydrogen-bond donors (Lipinski definition) is 2. The first-order chi connectivity index (χ1) is 11.8. The number of nitrogens with zero attached hydrogens (tertiary/aromatic N) is 1. The third kappa shape index (κ3) is 3.92. The minimum absolute atomic E-state index is 0.0255. The quantitative estimate of drug-likeness (QED) is 0.806. The molecule has 0 unspecified atom stereocenters. The van der Waals surface area contributed by atoms with Crippen molar-refractivity contribution in [3.63, 3.8) is 0 Å². The highest BCUT2D eigenvalue weighted by molar-refractivity contribution is 5.93. The monoisotopic (exact) mass is 347 g/mol. The van der Waals surface area contributed by atoms with Crippen LogP contribution in [0, 0.1) is 11.3 Å². The molecule has 1 aliphatic heterocycles. The second-order valence-corrected chi connectivity index (χ2v) is 6.63. The highest BCUT2D eigenvalue weighted by Crippen LogP contribution is 2.36. The van der Waals surface area contributed by atoms with E-state index >= 15 is 0 Å². The van der Waals surface area contributed by atoms with Crippen molar-refractivity contribution in [1.29, 1.82) is 0 Å². The number of nitrogens with one attached hydrogen (secondary N) is 2. The Labute approximate surface area is 147 Å². The molecule has 3 amide bonds. The standard InChI is InChI=1S/C18H25N3O4/c1-12-10-21(11-18(12,2)16(23)25-4)17(24)20-9-13-5-7-14(8-6-13)15(22)19-3/h5-8,12H,9-11H2,1-4H3,(H,19,22)(H,20,24)/t12-,18-/m1/s1. The number of benzene rings is 1. The number of urea groups is 1. The number of carbonyl (C=O) groups excluding carboxylic acids is 3. The zero-order valence-corrected chi connectivity index (χ0v) is 15.1. The Balaban J connectivity index is 1.93. The minimum Gasteiger partial charge on any atom is -0.469 e. The van der Waals surface area contributed by atoms with Crippen molar-refractivity contribution >= 4 is 17.9 Å². The van der Waals surface area contributed by atoms with E-state index in [2.05, 4.69) is 10.6 Å². The van der Waals surface area contributed by atoms with Gasteiger partial charge in [-0.2, -0.15) is 0 Å². The first kappa shape index (κ1) is 18.8. The van der Waals surface area contributed by atoms with E-state index in [9.17, 15) is 14.4 Å². The maximum absolute atomic E-state index is 12.4. The largest absolute Gasteiger partial charge is 0.469 e. The Morgan fingerprint density at radius 2 is 1.92 bits per heavy atom. The van der Waals surface area contributed by atoms with Crippen LogP contribution in [0.15, 0.2) is 24.3 Å². The van der Waals surface area contributed by atoms with E-state index in [0.29, 0.717) is 25.2 Å². The van der Waals surface area contributed by atoms with E-state index in [1.165, 1.54) is 7.11 Å². The molecule has 1 saturated heterocycles. The summed E-state index contributed by atoms with van der Waals surface area (Å²) in [5.74, 6) is -0.415. The van der Waals surface area contributed by atoms with Gasteiger partial charge < -0.3 is 20.3 Å². The van der Waals surface area contributed by atoms with Gasteiger partial charge in [0, 0.05) is 32.2 Å². The van der Waals surface area contributed by atoms with Gasteiger partial charge in [0.1, 0.15) is 0 Å². The number of amides is 3. The number of methoxy groups -OCH3 is 1. The van der Waals surface area contributed by atoms with E-state index in [0.717, 1.165) is 5.56 Å². The molecule has 0 spiro atoms. The van der Waals surface area contributed by atoms with Crippen molar-refractivity contribution in [3.8, 4) is 0 Å². The molecule has 2 N–H and O–H groups in total. The number of hydrogen-bond acceptors (Lipinski definition) is 4. The zero-order valence-electron chi connectivity index (χ0n) is 15.1. The van der Waals surface area contributed by atoms with Gasteiger partial charge in [-0.15, -0.1) is 0 Å². The summed E-state index contributed by atoms with van der Waals surface area (Å²) in [5.41, 5.74) is 0.783. The van der Waals surface area contributed by atoms with Gasteiger partial charge in [-0.05, 0) is 30.5 Å². The van der Waals surface area contributed by atoms with Crippen LogP contribution in [0.1, 0.15) is 29.8 Å². The summed E-state index contributed by atoms with van der Waals surface area (Å²) < 4.78 is 4.87. The van der Waals surface area contributed by atoms with Crippen LogP contribution in [-0.4, -0.2) is 50.1 Å². The van der Waals surface area contributed by atoms with Crippen molar-refractivity contribution in [2.75, 3.05) is 27.2 Å². The van der Waals surface area contributed by atoms with E-state index < -0.39 is 5.41 Å². The van der Waals surface area contributed by atoms with Crippen LogP contribution in [0.3, 0.4) is 0 Å². The molecule has 7 heteroatoms. The number of esters is 1. The van der Waals surface area contributed by atoms with Crippen LogP contribution in [0.4, 0.5) is 4.79 Å². The smallest absolute Gasteiger partial charge is 0.317 e. The molecule has 136 valence electrons. The Bertz CT molecular complexity index is 659. The van der Waals surface area contributed by atoms with Crippen LogP contribution >= 0.6 is 0 Å². The van der Waals surface area contributed by atoms with Gasteiger partial charge in [-0.1, -0.05) is 19.1 Å². The predicted molar refractivity (Wildman–Crippen MR) is 92.9 cm³/mol. The molecule has 7 nitrogen and oxygen atoms in total. The molecule has 1 aromatic carbocycles. The van der Waals surface area contributed by atoms with Crippen LogP contribution in [0.25, 0.3) is 0 Å². The number of carbonyl (C=O) groups is 3. The topological polar surface area (TPSA) is 87.7 Å². The second kappa shape index (κ2) is 7.55. The normalized spacial score (nSPS) is 22.4. The first-order valence-corrected chi connectivity index (χ1v) is 8.24. The Morgan fingerprint density at radius 3 is 2.48 bits per heavy atom. The number of ether oxygens (including phenoxy) is 1. The minimum atomic E-state index is -0.679. The van der Waals surface area contributed by atoms with E-state index in [4.69, 9.17) is 4.74 Å². The van der Waals surface area contributed by atoms with E-state index in [-0.39, 0.29) is 23.8 Å². The van der Waals surface area contributed by atoms with Gasteiger partial charge in [-0.25, -0.2) is 4.79 Å². The van der Waals surface area contributed by atoms with Gasteiger partial charge >= 0.3 is 12.0 Å². The third-order valence-corrected chi connectivity index (χ3v) is 4.93. The van der Waals surface area contributed by atoms with Crippen molar-refractivity contribution in [3.05, 3.63) is 35.4 Å². The predicted octanol–water partition coefficient (Wildman–Crippen LogP) is 1.39. The fourth-order valence-electron chi connectivity index (χ4n) is 3.01. The van der Waals surface area contributed by atoms with Crippen molar-refractivity contribution in [1.82, 2.24) is 15.5 Å². The molecular formula is C18H25N3O4. The summed E-state index contributed by atoms with van der Waals surface area (Å²) >= 11 is 0. The molecule has 1 aliphatic rings. The molecule has 0 saturated carbocycles. The lowest BCUT2D eigenvalue weighted by atomic mass is 9.81. The Morgan fingerprint density at radius 1 is 1.28 bits per heavy atom. The molecule has 2 atom stereocenters. The van der Waals surface area contributed by atoms with Crippen molar-refractivity contribution in [2.24, 2.45) is 11.3 Å². The van der Waals surface area contributed by atoms with Crippen molar-refractivity contribution in [2.45, 2.75) is 20.4 Å². The lowest BCUT2D eigenvalue weighted by Crippen LogP contribution is -2.41. The fraction of sp³-hybridized carbons (Fsp3) is 0.500. The molecule has 1 heterocycles. The summed E-state index contributed by atoms with van der Waals surface area (Å²) in [6.45, 7) is 4.97. The lowest BCUT2D eigenvalue weighted by molar-refractivity contribution is -0.152. The molecule has 1 aromatic rings. The molecule has 0 aromatic heterocycles. The highest BCUT2D eigenvalue weighted by Gasteiger charge is 2.48. The molecule has 0 radical (unpaired) electrons. The summed E-state index contributed by atoms with van der Waals surface area (Å²) in [6, 6.07) is 6.82. The van der Waals surface area contributed by atoms with Crippen LogP contribution < -0.4 is 10.6 Å². The number of likely N-dealkylation sites (tertiary alicyclic amines) is 1. The molecular weight excluding hydrogens is 322 g/mol. The molecule has 1 fully saturated rings. The summed E-state index contributed by atoms with van der Waals surface area (Å²) in [7, 11) is 2.95. The second-order valence-electron chi connectivity index (χ2n) is 6.63.